The predicted octanol–water partition coefficient (Wildman–Crippen LogP) is 2.47. The fourth-order valence-electron chi connectivity index (χ4n) is 1.33. The zero-order valence-corrected chi connectivity index (χ0v) is 9.12. The topological polar surface area (TPSA) is 48.4 Å². The van der Waals surface area contributed by atoms with Crippen molar-refractivity contribution < 1.29 is 9.15 Å². The van der Waals surface area contributed by atoms with E-state index in [9.17, 15) is 0 Å². The van der Waals surface area contributed by atoms with E-state index in [4.69, 9.17) is 14.9 Å². The number of ether oxygens (including phenoxy) is 1. The molecule has 0 radical (unpaired) electrons. The molecule has 0 fully saturated rings. The van der Waals surface area contributed by atoms with Crippen LogP contribution in [0.4, 0.5) is 0 Å². The normalized spacial score (nSPS) is 15.4. The van der Waals surface area contributed by atoms with Gasteiger partial charge < -0.3 is 14.9 Å². The van der Waals surface area contributed by atoms with Crippen LogP contribution in [0.2, 0.25) is 0 Å². The Morgan fingerprint density at radius 2 is 2.21 bits per heavy atom. The van der Waals surface area contributed by atoms with Gasteiger partial charge >= 0.3 is 0 Å². The summed E-state index contributed by atoms with van der Waals surface area (Å²) in [4.78, 5) is 0. The van der Waals surface area contributed by atoms with Gasteiger partial charge in [0.15, 0.2) is 0 Å². The highest BCUT2D eigenvalue weighted by Crippen LogP contribution is 2.23. The molecule has 0 spiro atoms. The van der Waals surface area contributed by atoms with Crippen LogP contribution in [0.5, 0.6) is 0 Å². The first-order valence-electron chi connectivity index (χ1n) is 5.02. The van der Waals surface area contributed by atoms with E-state index in [1.54, 1.807) is 7.11 Å². The molecule has 2 unspecified atom stereocenters. The molecule has 0 saturated carbocycles. The SMILES string of the molecule is CCC(C)C(N)c1ccc(COC)o1. The summed E-state index contributed by atoms with van der Waals surface area (Å²) in [5, 5.41) is 0. The van der Waals surface area contributed by atoms with Crippen molar-refractivity contribution >= 4 is 0 Å². The minimum absolute atomic E-state index is 0.00870. The standard InChI is InChI=1S/C11H19NO2/c1-4-8(2)11(12)10-6-5-9(14-10)7-13-3/h5-6,8,11H,4,7,12H2,1-3H3. The smallest absolute Gasteiger partial charge is 0.129 e. The average Bonchev–Trinajstić information content (AvgIpc) is 2.64. The number of furan rings is 1. The van der Waals surface area contributed by atoms with E-state index in [1.807, 2.05) is 12.1 Å². The van der Waals surface area contributed by atoms with Crippen LogP contribution >= 0.6 is 0 Å². The largest absolute Gasteiger partial charge is 0.462 e. The Labute approximate surface area is 85.2 Å². The fourth-order valence-corrected chi connectivity index (χ4v) is 1.33. The highest BCUT2D eigenvalue weighted by molar-refractivity contribution is 5.10. The average molecular weight is 197 g/mol. The zero-order chi connectivity index (χ0) is 10.6. The minimum atomic E-state index is -0.00870. The summed E-state index contributed by atoms with van der Waals surface area (Å²) < 4.78 is 10.5. The highest BCUT2D eigenvalue weighted by atomic mass is 16.5. The molecule has 2 N–H and O–H groups in total. The van der Waals surface area contributed by atoms with E-state index in [0.717, 1.165) is 17.9 Å². The third kappa shape index (κ3) is 2.59. The minimum Gasteiger partial charge on any atom is -0.462 e. The molecule has 80 valence electrons. The van der Waals surface area contributed by atoms with E-state index in [1.165, 1.54) is 0 Å². The van der Waals surface area contributed by atoms with Crippen molar-refractivity contribution in [2.75, 3.05) is 7.11 Å². The highest BCUT2D eigenvalue weighted by Gasteiger charge is 2.16. The van der Waals surface area contributed by atoms with Crippen molar-refractivity contribution in [3.8, 4) is 0 Å². The lowest BCUT2D eigenvalue weighted by atomic mass is 9.98. The van der Waals surface area contributed by atoms with E-state index >= 15 is 0 Å². The molecular formula is C11H19NO2. The van der Waals surface area contributed by atoms with Crippen molar-refractivity contribution in [1.29, 1.82) is 0 Å². The van der Waals surface area contributed by atoms with E-state index in [0.29, 0.717) is 12.5 Å². The molecule has 3 nitrogen and oxygen atoms in total. The first-order valence-corrected chi connectivity index (χ1v) is 5.02. The van der Waals surface area contributed by atoms with Gasteiger partial charge in [0.2, 0.25) is 0 Å². The van der Waals surface area contributed by atoms with E-state index in [-0.39, 0.29) is 6.04 Å². The lowest BCUT2D eigenvalue weighted by molar-refractivity contribution is 0.161. The first kappa shape index (κ1) is 11.3. The third-order valence-corrected chi connectivity index (χ3v) is 2.55. The second-order valence-electron chi connectivity index (χ2n) is 3.65. The van der Waals surface area contributed by atoms with Gasteiger partial charge in [0.1, 0.15) is 18.1 Å². The molecule has 14 heavy (non-hydrogen) atoms. The second-order valence-corrected chi connectivity index (χ2v) is 3.65. The van der Waals surface area contributed by atoms with Crippen molar-refractivity contribution in [2.45, 2.75) is 32.9 Å². The predicted molar refractivity (Wildman–Crippen MR) is 55.8 cm³/mol. The summed E-state index contributed by atoms with van der Waals surface area (Å²) in [5.41, 5.74) is 6.02. The number of hydrogen-bond acceptors (Lipinski definition) is 3. The van der Waals surface area contributed by atoms with Gasteiger partial charge in [0, 0.05) is 7.11 Å². The van der Waals surface area contributed by atoms with Crippen LogP contribution in [0.1, 0.15) is 37.8 Å². The Hall–Kier alpha value is -0.800. The summed E-state index contributed by atoms with van der Waals surface area (Å²) in [7, 11) is 1.65. The Morgan fingerprint density at radius 3 is 2.79 bits per heavy atom. The summed E-state index contributed by atoms with van der Waals surface area (Å²) in [6.07, 6.45) is 1.06. The summed E-state index contributed by atoms with van der Waals surface area (Å²) in [6.45, 7) is 4.76. The third-order valence-electron chi connectivity index (χ3n) is 2.55. The molecule has 1 aromatic heterocycles. The molecule has 0 aliphatic rings. The molecule has 1 heterocycles. The zero-order valence-electron chi connectivity index (χ0n) is 9.12. The molecule has 2 atom stereocenters. The maximum absolute atomic E-state index is 6.02. The van der Waals surface area contributed by atoms with Crippen LogP contribution in [-0.4, -0.2) is 7.11 Å². The molecule has 0 aliphatic carbocycles. The first-order chi connectivity index (χ1) is 6.69. The van der Waals surface area contributed by atoms with Gasteiger partial charge in [-0.25, -0.2) is 0 Å². The molecule has 1 aromatic rings. The van der Waals surface area contributed by atoms with Crippen molar-refractivity contribution in [3.05, 3.63) is 23.7 Å². The second kappa shape index (κ2) is 5.17. The molecule has 0 saturated heterocycles. The molecule has 1 rings (SSSR count). The summed E-state index contributed by atoms with van der Waals surface area (Å²) in [6, 6.07) is 3.84. The van der Waals surface area contributed by atoms with Crippen LogP contribution in [0.3, 0.4) is 0 Å². The van der Waals surface area contributed by atoms with Gasteiger partial charge in [-0.05, 0) is 18.1 Å². The summed E-state index contributed by atoms with van der Waals surface area (Å²) >= 11 is 0. The Bertz CT molecular complexity index is 270. The van der Waals surface area contributed by atoms with Crippen molar-refractivity contribution in [1.82, 2.24) is 0 Å². The quantitative estimate of drug-likeness (QED) is 0.788. The van der Waals surface area contributed by atoms with Gasteiger partial charge in [-0.15, -0.1) is 0 Å². The Balaban J connectivity index is 2.65. The van der Waals surface area contributed by atoms with Gasteiger partial charge in [-0.1, -0.05) is 20.3 Å². The molecule has 3 heteroatoms. The monoisotopic (exact) mass is 197 g/mol. The Morgan fingerprint density at radius 1 is 1.50 bits per heavy atom. The number of rotatable bonds is 5. The Kier molecular flexibility index (Phi) is 4.17. The molecular weight excluding hydrogens is 178 g/mol. The van der Waals surface area contributed by atoms with E-state index in [2.05, 4.69) is 13.8 Å². The maximum Gasteiger partial charge on any atom is 0.129 e. The van der Waals surface area contributed by atoms with Crippen LogP contribution in [0, 0.1) is 5.92 Å². The van der Waals surface area contributed by atoms with Crippen LogP contribution in [0.15, 0.2) is 16.5 Å². The van der Waals surface area contributed by atoms with Crippen LogP contribution < -0.4 is 5.73 Å². The molecule has 0 amide bonds. The van der Waals surface area contributed by atoms with Crippen molar-refractivity contribution in [2.24, 2.45) is 11.7 Å². The number of nitrogens with two attached hydrogens (primary N) is 1. The lowest BCUT2D eigenvalue weighted by Crippen LogP contribution is -2.17. The molecule has 0 aliphatic heterocycles. The van der Waals surface area contributed by atoms with Gasteiger partial charge in [0.05, 0.1) is 6.04 Å². The van der Waals surface area contributed by atoms with Gasteiger partial charge in [-0.3, -0.25) is 0 Å². The van der Waals surface area contributed by atoms with Crippen molar-refractivity contribution in [3.63, 3.8) is 0 Å². The summed E-state index contributed by atoms with van der Waals surface area (Å²) in [5.74, 6) is 2.13. The maximum atomic E-state index is 6.02. The lowest BCUT2D eigenvalue weighted by Gasteiger charge is -2.15. The number of hydrogen-bond donors (Lipinski definition) is 1. The van der Waals surface area contributed by atoms with Crippen LogP contribution in [-0.2, 0) is 11.3 Å². The van der Waals surface area contributed by atoms with Gasteiger partial charge in [0.25, 0.3) is 0 Å². The fraction of sp³-hybridized carbons (Fsp3) is 0.636. The van der Waals surface area contributed by atoms with Gasteiger partial charge in [-0.2, -0.15) is 0 Å². The van der Waals surface area contributed by atoms with E-state index < -0.39 is 0 Å². The molecule has 0 bridgehead atoms. The van der Waals surface area contributed by atoms with Crippen LogP contribution in [0.25, 0.3) is 0 Å². The molecule has 0 aromatic carbocycles. The number of methoxy groups -OCH3 is 1.